The highest BCUT2D eigenvalue weighted by atomic mass is 32.2. The lowest BCUT2D eigenvalue weighted by Crippen LogP contribution is -3.16. The fourth-order valence-electron chi connectivity index (χ4n) is 3.40. The molecule has 1 saturated heterocycles. The van der Waals surface area contributed by atoms with Gasteiger partial charge in [0.15, 0.2) is 6.54 Å². The lowest BCUT2D eigenvalue weighted by Gasteiger charge is -2.33. The van der Waals surface area contributed by atoms with E-state index in [1.54, 1.807) is 6.07 Å². The summed E-state index contributed by atoms with van der Waals surface area (Å²) < 4.78 is 0. The fraction of sp³-hybridized carbons (Fsp3) is 0.409. The molecule has 6 heteroatoms. The van der Waals surface area contributed by atoms with Crippen LogP contribution in [0.5, 0.6) is 5.75 Å². The normalized spacial score (nSPS) is 14.8. The highest BCUT2D eigenvalue weighted by Gasteiger charge is 2.23. The van der Waals surface area contributed by atoms with Crippen LogP contribution < -0.4 is 15.1 Å². The van der Waals surface area contributed by atoms with E-state index in [1.807, 2.05) is 30.0 Å². The summed E-state index contributed by atoms with van der Waals surface area (Å²) in [5.41, 5.74) is 3.50. The number of hydrogen-bond donors (Lipinski definition) is 3. The highest BCUT2D eigenvalue weighted by molar-refractivity contribution is 7.98. The zero-order chi connectivity index (χ0) is 19.8. The van der Waals surface area contributed by atoms with E-state index >= 15 is 0 Å². The summed E-state index contributed by atoms with van der Waals surface area (Å²) in [6.07, 6.45) is 0. The van der Waals surface area contributed by atoms with E-state index in [0.717, 1.165) is 43.4 Å². The number of para-hydroxylation sites is 2. The van der Waals surface area contributed by atoms with Gasteiger partial charge < -0.3 is 20.2 Å². The number of hydrogen-bond acceptors (Lipinski definition) is 4. The number of anilines is 1. The predicted octanol–water partition coefficient (Wildman–Crippen LogP) is 1.46. The van der Waals surface area contributed by atoms with E-state index in [1.165, 1.54) is 16.0 Å². The molecule has 0 saturated carbocycles. The number of amides is 1. The quantitative estimate of drug-likeness (QED) is 0.587. The van der Waals surface area contributed by atoms with Gasteiger partial charge in [0, 0.05) is 18.1 Å². The molecule has 1 fully saturated rings. The summed E-state index contributed by atoms with van der Waals surface area (Å²) in [5, 5.41) is 13.0. The molecule has 1 aliphatic rings. The molecule has 1 heterocycles. The van der Waals surface area contributed by atoms with Crippen LogP contribution in [0, 0.1) is 6.92 Å². The first-order valence-corrected chi connectivity index (χ1v) is 11.0. The van der Waals surface area contributed by atoms with Gasteiger partial charge in [-0.15, -0.1) is 0 Å². The largest absolute Gasteiger partial charge is 0.506 e. The van der Waals surface area contributed by atoms with Crippen molar-refractivity contribution >= 4 is 23.4 Å². The van der Waals surface area contributed by atoms with Gasteiger partial charge >= 0.3 is 0 Å². The van der Waals surface area contributed by atoms with Crippen molar-refractivity contribution in [2.75, 3.05) is 49.9 Å². The molecule has 0 bridgehead atoms. The van der Waals surface area contributed by atoms with Gasteiger partial charge in [0.25, 0.3) is 5.91 Å². The van der Waals surface area contributed by atoms with Crippen molar-refractivity contribution in [2.45, 2.75) is 12.7 Å². The van der Waals surface area contributed by atoms with Crippen LogP contribution in [0.3, 0.4) is 0 Å². The molecule has 0 aromatic heterocycles. The number of carbonyl (C=O) groups is 1. The van der Waals surface area contributed by atoms with Gasteiger partial charge in [0.1, 0.15) is 5.75 Å². The molecule has 0 aliphatic carbocycles. The number of piperazine rings is 1. The van der Waals surface area contributed by atoms with E-state index in [4.69, 9.17) is 0 Å². The maximum atomic E-state index is 12.2. The van der Waals surface area contributed by atoms with E-state index < -0.39 is 0 Å². The van der Waals surface area contributed by atoms with Gasteiger partial charge in [-0.3, -0.25) is 4.79 Å². The molecule has 1 amide bonds. The van der Waals surface area contributed by atoms with Crippen LogP contribution in [-0.2, 0) is 10.5 Å². The first-order valence-electron chi connectivity index (χ1n) is 9.88. The summed E-state index contributed by atoms with van der Waals surface area (Å²) >= 11 is 1.85. The second kappa shape index (κ2) is 10.4. The number of aromatic hydroxyl groups is 1. The van der Waals surface area contributed by atoms with Crippen molar-refractivity contribution in [3.63, 3.8) is 0 Å². The average Bonchev–Trinajstić information content (AvgIpc) is 2.70. The maximum absolute atomic E-state index is 12.2. The molecule has 28 heavy (non-hydrogen) atoms. The molecule has 0 radical (unpaired) electrons. The number of aryl methyl sites for hydroxylation is 1. The molecule has 0 unspecified atom stereocenters. The lowest BCUT2D eigenvalue weighted by atomic mass is 10.2. The van der Waals surface area contributed by atoms with Crippen LogP contribution in [0.15, 0.2) is 48.5 Å². The number of phenolic OH excluding ortho intramolecular Hbond substituents is 1. The Morgan fingerprint density at radius 3 is 2.57 bits per heavy atom. The Morgan fingerprint density at radius 1 is 1.14 bits per heavy atom. The second-order valence-corrected chi connectivity index (χ2v) is 8.40. The number of carbonyl (C=O) groups excluding carboxylic acids is 1. The Morgan fingerprint density at radius 2 is 1.86 bits per heavy atom. The molecule has 3 rings (SSSR count). The van der Waals surface area contributed by atoms with Crippen LogP contribution in [0.1, 0.15) is 11.1 Å². The van der Waals surface area contributed by atoms with Crippen molar-refractivity contribution < 1.29 is 14.8 Å². The summed E-state index contributed by atoms with van der Waals surface area (Å²) in [6, 6.07) is 16.1. The standard InChI is InChI=1S/C22H29N3O2S/c1-18-6-8-19(9-7-18)17-28-15-10-23-22(27)16-24-11-13-25(14-12-24)20-4-2-3-5-21(20)26/h2-9,26H,10-17H2,1H3,(H,23,27)/p+1. The van der Waals surface area contributed by atoms with Crippen molar-refractivity contribution in [3.05, 3.63) is 59.7 Å². The van der Waals surface area contributed by atoms with Crippen molar-refractivity contribution in [3.8, 4) is 5.75 Å². The number of benzene rings is 2. The minimum absolute atomic E-state index is 0.127. The molecule has 0 spiro atoms. The monoisotopic (exact) mass is 400 g/mol. The smallest absolute Gasteiger partial charge is 0.275 e. The minimum atomic E-state index is 0.127. The molecular formula is C22H30N3O2S+. The Hall–Kier alpha value is -2.18. The number of rotatable bonds is 8. The van der Waals surface area contributed by atoms with E-state index in [0.29, 0.717) is 18.8 Å². The van der Waals surface area contributed by atoms with Gasteiger partial charge in [0.2, 0.25) is 0 Å². The fourth-order valence-corrected chi connectivity index (χ4v) is 4.22. The summed E-state index contributed by atoms with van der Waals surface area (Å²) in [7, 11) is 0. The number of nitrogens with zero attached hydrogens (tertiary/aromatic N) is 1. The third-order valence-electron chi connectivity index (χ3n) is 5.06. The van der Waals surface area contributed by atoms with Gasteiger partial charge in [-0.05, 0) is 24.6 Å². The Kier molecular flexibility index (Phi) is 7.62. The number of nitrogens with one attached hydrogen (secondary N) is 2. The number of thioether (sulfide) groups is 1. The summed E-state index contributed by atoms with van der Waals surface area (Å²) in [6.45, 7) is 6.86. The molecule has 5 nitrogen and oxygen atoms in total. The first-order chi connectivity index (χ1) is 13.6. The highest BCUT2D eigenvalue weighted by Crippen LogP contribution is 2.25. The number of quaternary nitrogens is 1. The maximum Gasteiger partial charge on any atom is 0.275 e. The molecule has 2 aromatic carbocycles. The third kappa shape index (κ3) is 6.17. The second-order valence-electron chi connectivity index (χ2n) is 7.29. The molecule has 3 N–H and O–H groups in total. The van der Waals surface area contributed by atoms with Crippen molar-refractivity contribution in [1.82, 2.24) is 5.32 Å². The molecule has 150 valence electrons. The van der Waals surface area contributed by atoms with E-state index in [9.17, 15) is 9.90 Å². The Labute approximate surface area is 171 Å². The molecular weight excluding hydrogens is 370 g/mol. The van der Waals surface area contributed by atoms with E-state index in [-0.39, 0.29) is 5.91 Å². The minimum Gasteiger partial charge on any atom is -0.506 e. The van der Waals surface area contributed by atoms with Crippen LogP contribution >= 0.6 is 11.8 Å². The predicted molar refractivity (Wildman–Crippen MR) is 116 cm³/mol. The first kappa shape index (κ1) is 20.6. The number of phenols is 1. The zero-order valence-electron chi connectivity index (χ0n) is 16.5. The van der Waals surface area contributed by atoms with Gasteiger partial charge in [0.05, 0.1) is 31.9 Å². The van der Waals surface area contributed by atoms with Gasteiger partial charge in [-0.1, -0.05) is 42.0 Å². The SMILES string of the molecule is Cc1ccc(CSCCNC(=O)C[NH+]2CCN(c3ccccc3O)CC2)cc1. The third-order valence-corrected chi connectivity index (χ3v) is 6.09. The zero-order valence-corrected chi connectivity index (χ0v) is 17.3. The lowest BCUT2D eigenvalue weighted by molar-refractivity contribution is -0.892. The Bertz CT molecular complexity index is 759. The van der Waals surface area contributed by atoms with Crippen LogP contribution in [0.25, 0.3) is 0 Å². The van der Waals surface area contributed by atoms with Crippen LogP contribution in [0.4, 0.5) is 5.69 Å². The van der Waals surface area contributed by atoms with Crippen LogP contribution in [-0.4, -0.2) is 56.0 Å². The van der Waals surface area contributed by atoms with Gasteiger partial charge in [-0.25, -0.2) is 0 Å². The van der Waals surface area contributed by atoms with Crippen molar-refractivity contribution in [1.29, 1.82) is 0 Å². The molecule has 0 atom stereocenters. The van der Waals surface area contributed by atoms with E-state index in [2.05, 4.69) is 41.4 Å². The summed E-state index contributed by atoms with van der Waals surface area (Å²) in [4.78, 5) is 15.7. The topological polar surface area (TPSA) is 57.0 Å². The van der Waals surface area contributed by atoms with Crippen LogP contribution in [0.2, 0.25) is 0 Å². The van der Waals surface area contributed by atoms with Crippen molar-refractivity contribution in [2.24, 2.45) is 0 Å². The summed E-state index contributed by atoms with van der Waals surface area (Å²) in [5.74, 6) is 2.36. The average molecular weight is 401 g/mol. The van der Waals surface area contributed by atoms with Gasteiger partial charge in [-0.2, -0.15) is 11.8 Å². The Balaban J connectivity index is 1.29. The molecule has 1 aliphatic heterocycles. The molecule has 2 aromatic rings.